The monoisotopic (exact) mass is 144 g/mol. The van der Waals surface area contributed by atoms with Crippen molar-refractivity contribution >= 4 is 0 Å². The summed E-state index contributed by atoms with van der Waals surface area (Å²) in [6.45, 7) is 6.19. The Hall–Kier alpha value is -0.340. The Morgan fingerprint density at radius 1 is 1.60 bits per heavy atom. The van der Waals surface area contributed by atoms with Crippen molar-refractivity contribution in [2.45, 2.75) is 33.0 Å². The fourth-order valence-electron chi connectivity index (χ4n) is 0.738. The van der Waals surface area contributed by atoms with Crippen LogP contribution in [-0.4, -0.2) is 23.9 Å². The average molecular weight is 144 g/mol. The first-order valence-corrected chi connectivity index (χ1v) is 3.64. The minimum absolute atomic E-state index is 0.144. The molecule has 0 aliphatic heterocycles. The summed E-state index contributed by atoms with van der Waals surface area (Å²) in [5, 5.41) is 9.10. The van der Waals surface area contributed by atoms with Gasteiger partial charge >= 0.3 is 0 Å². The lowest BCUT2D eigenvalue weighted by molar-refractivity contribution is 0.00455. The fourth-order valence-corrected chi connectivity index (χ4v) is 0.738. The van der Waals surface area contributed by atoms with Crippen molar-refractivity contribution in [1.29, 1.82) is 0 Å². The van der Waals surface area contributed by atoms with E-state index >= 15 is 0 Å². The van der Waals surface area contributed by atoms with Crippen LogP contribution in [0.5, 0.6) is 0 Å². The molecule has 0 aliphatic carbocycles. The molecule has 2 atom stereocenters. The van der Waals surface area contributed by atoms with E-state index in [1.165, 1.54) is 0 Å². The van der Waals surface area contributed by atoms with Crippen LogP contribution in [0.1, 0.15) is 20.8 Å². The highest BCUT2D eigenvalue weighted by Crippen LogP contribution is 2.00. The average Bonchev–Trinajstić information content (AvgIpc) is 1.87. The lowest BCUT2D eigenvalue weighted by atomic mass is 10.2. The Morgan fingerprint density at radius 2 is 2.20 bits per heavy atom. The molecular weight excluding hydrogens is 128 g/mol. The number of ether oxygens (including phenoxy) is 1. The Labute approximate surface area is 62.5 Å². The second kappa shape index (κ2) is 5.45. The van der Waals surface area contributed by atoms with Crippen molar-refractivity contribution in [2.75, 3.05) is 6.61 Å². The van der Waals surface area contributed by atoms with Gasteiger partial charge in [0.15, 0.2) is 0 Å². The van der Waals surface area contributed by atoms with Crippen molar-refractivity contribution in [3.63, 3.8) is 0 Å². The van der Waals surface area contributed by atoms with Gasteiger partial charge in [-0.05, 0) is 20.8 Å². The zero-order chi connectivity index (χ0) is 7.98. The quantitative estimate of drug-likeness (QED) is 0.603. The van der Waals surface area contributed by atoms with Crippen LogP contribution in [0.3, 0.4) is 0 Å². The molecule has 2 unspecified atom stereocenters. The minimum Gasteiger partial charge on any atom is -0.390 e. The van der Waals surface area contributed by atoms with E-state index in [-0.39, 0.29) is 6.10 Å². The summed E-state index contributed by atoms with van der Waals surface area (Å²) in [4.78, 5) is 0. The number of hydrogen-bond donors (Lipinski definition) is 1. The van der Waals surface area contributed by atoms with Gasteiger partial charge in [0.05, 0.1) is 6.10 Å². The van der Waals surface area contributed by atoms with Crippen LogP contribution in [0.15, 0.2) is 12.2 Å². The molecule has 60 valence electrons. The van der Waals surface area contributed by atoms with Crippen LogP contribution in [0.2, 0.25) is 0 Å². The topological polar surface area (TPSA) is 29.5 Å². The summed E-state index contributed by atoms with van der Waals surface area (Å²) in [5.41, 5.74) is 0. The van der Waals surface area contributed by atoms with Gasteiger partial charge in [0.1, 0.15) is 6.10 Å². The lowest BCUT2D eigenvalue weighted by Crippen LogP contribution is -2.23. The Morgan fingerprint density at radius 3 is 2.50 bits per heavy atom. The highest BCUT2D eigenvalue weighted by atomic mass is 16.5. The first-order valence-electron chi connectivity index (χ1n) is 3.64. The summed E-state index contributed by atoms with van der Waals surface area (Å²) in [7, 11) is 0. The molecule has 0 saturated heterocycles. The van der Waals surface area contributed by atoms with E-state index in [1.807, 2.05) is 26.0 Å². The first-order chi connectivity index (χ1) is 4.72. The van der Waals surface area contributed by atoms with Gasteiger partial charge in [-0.25, -0.2) is 0 Å². The summed E-state index contributed by atoms with van der Waals surface area (Å²) < 4.78 is 5.21. The molecule has 2 nitrogen and oxygen atoms in total. The zero-order valence-corrected chi connectivity index (χ0v) is 6.87. The van der Waals surface area contributed by atoms with Gasteiger partial charge in [-0.1, -0.05) is 12.2 Å². The number of rotatable bonds is 4. The highest BCUT2D eigenvalue weighted by molar-refractivity contribution is 4.89. The third-order valence-corrected chi connectivity index (χ3v) is 1.22. The van der Waals surface area contributed by atoms with Crippen LogP contribution in [0.4, 0.5) is 0 Å². The van der Waals surface area contributed by atoms with Crippen molar-refractivity contribution < 1.29 is 9.84 Å². The molecule has 0 aliphatic rings. The summed E-state index contributed by atoms with van der Waals surface area (Å²) in [5.74, 6) is 0. The Balaban J connectivity index is 3.72. The van der Waals surface area contributed by atoms with Crippen LogP contribution >= 0.6 is 0 Å². The molecule has 1 N–H and O–H groups in total. The third-order valence-electron chi connectivity index (χ3n) is 1.22. The molecule has 0 heterocycles. The summed E-state index contributed by atoms with van der Waals surface area (Å²) >= 11 is 0. The molecule has 2 heteroatoms. The van der Waals surface area contributed by atoms with Gasteiger partial charge in [0.25, 0.3) is 0 Å². The molecule has 10 heavy (non-hydrogen) atoms. The van der Waals surface area contributed by atoms with Gasteiger partial charge < -0.3 is 9.84 Å². The first kappa shape index (κ1) is 9.66. The van der Waals surface area contributed by atoms with Gasteiger partial charge in [0.2, 0.25) is 0 Å². The molecule has 0 amide bonds. The smallest absolute Gasteiger partial charge is 0.101 e. The molecule has 0 aromatic heterocycles. The van der Waals surface area contributed by atoms with Gasteiger partial charge in [0, 0.05) is 6.61 Å². The fraction of sp³-hybridized carbons (Fsp3) is 0.750. The number of hydrogen-bond acceptors (Lipinski definition) is 2. The maximum atomic E-state index is 9.10. The molecule has 0 saturated carbocycles. The molecule has 0 bridgehead atoms. The molecule has 0 radical (unpaired) electrons. The van der Waals surface area contributed by atoms with E-state index in [2.05, 4.69) is 0 Å². The second-order valence-corrected chi connectivity index (χ2v) is 2.19. The Kier molecular flexibility index (Phi) is 5.26. The van der Waals surface area contributed by atoms with Crippen molar-refractivity contribution in [3.8, 4) is 0 Å². The van der Waals surface area contributed by atoms with Crippen LogP contribution in [0.25, 0.3) is 0 Å². The van der Waals surface area contributed by atoms with Crippen molar-refractivity contribution in [3.05, 3.63) is 12.2 Å². The molecule has 0 aromatic rings. The maximum absolute atomic E-state index is 9.10. The van der Waals surface area contributed by atoms with Gasteiger partial charge in [-0.2, -0.15) is 0 Å². The van der Waals surface area contributed by atoms with E-state index in [0.717, 1.165) is 0 Å². The van der Waals surface area contributed by atoms with E-state index in [9.17, 15) is 0 Å². The molecular formula is C8H16O2. The Bertz CT molecular complexity index is 97.4. The standard InChI is InChI=1S/C8H16O2/c1-4-6-8(7(3)9)10-5-2/h4,6-9H,5H2,1-3H3/b6-4+. The highest BCUT2D eigenvalue weighted by Gasteiger charge is 2.09. The zero-order valence-electron chi connectivity index (χ0n) is 6.87. The van der Waals surface area contributed by atoms with E-state index < -0.39 is 6.10 Å². The summed E-state index contributed by atoms with van der Waals surface area (Å²) in [6.07, 6.45) is 3.17. The van der Waals surface area contributed by atoms with E-state index in [4.69, 9.17) is 9.84 Å². The predicted molar refractivity (Wildman–Crippen MR) is 41.9 cm³/mol. The second-order valence-electron chi connectivity index (χ2n) is 2.19. The maximum Gasteiger partial charge on any atom is 0.101 e. The molecule has 0 spiro atoms. The largest absolute Gasteiger partial charge is 0.390 e. The number of aliphatic hydroxyl groups excluding tert-OH is 1. The van der Waals surface area contributed by atoms with Crippen molar-refractivity contribution in [2.24, 2.45) is 0 Å². The van der Waals surface area contributed by atoms with Gasteiger partial charge in [-0.3, -0.25) is 0 Å². The third kappa shape index (κ3) is 3.64. The SMILES string of the molecule is C/C=C/C(OCC)C(C)O. The molecule has 0 fully saturated rings. The molecule has 0 rings (SSSR count). The van der Waals surface area contributed by atoms with Gasteiger partial charge in [-0.15, -0.1) is 0 Å². The predicted octanol–water partition coefficient (Wildman–Crippen LogP) is 1.35. The van der Waals surface area contributed by atoms with E-state index in [1.54, 1.807) is 6.92 Å². The van der Waals surface area contributed by atoms with E-state index in [0.29, 0.717) is 6.61 Å². The number of allylic oxidation sites excluding steroid dienone is 1. The normalized spacial score (nSPS) is 17.6. The molecule has 0 aromatic carbocycles. The van der Waals surface area contributed by atoms with Crippen LogP contribution in [-0.2, 0) is 4.74 Å². The van der Waals surface area contributed by atoms with Crippen LogP contribution < -0.4 is 0 Å². The lowest BCUT2D eigenvalue weighted by Gasteiger charge is -2.15. The summed E-state index contributed by atoms with van der Waals surface area (Å²) in [6, 6.07) is 0. The number of aliphatic hydroxyl groups is 1. The van der Waals surface area contributed by atoms with Crippen molar-refractivity contribution in [1.82, 2.24) is 0 Å². The van der Waals surface area contributed by atoms with Crippen LogP contribution in [0, 0.1) is 0 Å². The minimum atomic E-state index is -0.420.